The molecule has 0 spiro atoms. The molecular weight excluding hydrogens is 404 g/mol. The minimum atomic E-state index is 0.174. The van der Waals surface area contributed by atoms with Crippen molar-refractivity contribution in [3.63, 3.8) is 0 Å². The molecule has 0 N–H and O–H groups in total. The molecule has 0 radical (unpaired) electrons. The minimum absolute atomic E-state index is 0.174. The fraction of sp³-hybridized carbons (Fsp3) is 0.200. The number of hydrogen-bond acceptors (Lipinski definition) is 5. The summed E-state index contributed by atoms with van der Waals surface area (Å²) in [7, 11) is 0. The Labute approximate surface area is 186 Å². The smallest absolute Gasteiger partial charge is 0.196 e. The summed E-state index contributed by atoms with van der Waals surface area (Å²) in [5, 5.41) is 9.76. The van der Waals surface area contributed by atoms with Crippen molar-refractivity contribution in [3.8, 4) is 17.1 Å². The van der Waals surface area contributed by atoms with Crippen LogP contribution in [0.3, 0.4) is 0 Å². The first kappa shape index (κ1) is 21.0. The lowest BCUT2D eigenvalue weighted by atomic mass is 10.1. The van der Waals surface area contributed by atoms with Crippen LogP contribution in [0.15, 0.2) is 78.2 Å². The first-order valence-electron chi connectivity index (χ1n) is 10.3. The van der Waals surface area contributed by atoms with Crippen molar-refractivity contribution in [2.45, 2.75) is 31.8 Å². The Hall–Kier alpha value is -3.25. The number of pyridine rings is 1. The molecule has 0 fully saturated rings. The molecule has 0 aliphatic rings. The molecule has 2 aromatic heterocycles. The van der Waals surface area contributed by atoms with E-state index in [4.69, 9.17) is 0 Å². The first-order valence-corrected chi connectivity index (χ1v) is 11.3. The van der Waals surface area contributed by atoms with Gasteiger partial charge in [-0.1, -0.05) is 59.8 Å². The highest BCUT2D eigenvalue weighted by Gasteiger charge is 2.18. The summed E-state index contributed by atoms with van der Waals surface area (Å²) in [6.07, 6.45) is 4.85. The Morgan fingerprint density at radius 2 is 1.84 bits per heavy atom. The Morgan fingerprint density at radius 3 is 2.58 bits per heavy atom. The first-order chi connectivity index (χ1) is 15.1. The molecule has 5 nitrogen and oxygen atoms in total. The normalized spacial score (nSPS) is 10.9. The van der Waals surface area contributed by atoms with Gasteiger partial charge in [0, 0.05) is 35.7 Å². The fourth-order valence-corrected chi connectivity index (χ4v) is 4.37. The van der Waals surface area contributed by atoms with E-state index in [-0.39, 0.29) is 5.78 Å². The third-order valence-corrected chi connectivity index (χ3v) is 6.04. The summed E-state index contributed by atoms with van der Waals surface area (Å²) in [6.45, 7) is 4.19. The Bertz CT molecular complexity index is 1170. The second-order valence-electron chi connectivity index (χ2n) is 7.41. The number of Topliss-reactive ketones (excluding diaryl/α,β-unsaturated/α-hetero) is 1. The molecule has 0 atom stereocenters. The summed E-state index contributed by atoms with van der Waals surface area (Å²) in [5.74, 6) is 1.73. The number of thioether (sulfide) groups is 1. The molecule has 4 aromatic rings. The molecule has 31 heavy (non-hydrogen) atoms. The summed E-state index contributed by atoms with van der Waals surface area (Å²) >= 11 is 1.62. The van der Waals surface area contributed by atoms with Crippen LogP contribution in [0.1, 0.15) is 34.3 Å². The zero-order valence-corrected chi connectivity index (χ0v) is 18.5. The van der Waals surface area contributed by atoms with Gasteiger partial charge in [0.1, 0.15) is 0 Å². The van der Waals surface area contributed by atoms with Gasteiger partial charge >= 0.3 is 0 Å². The van der Waals surface area contributed by atoms with Crippen LogP contribution in [0.2, 0.25) is 0 Å². The average molecular weight is 429 g/mol. The third-order valence-electron chi connectivity index (χ3n) is 5.02. The van der Waals surface area contributed by atoms with Crippen molar-refractivity contribution >= 4 is 17.5 Å². The number of ketones is 1. The maximum absolute atomic E-state index is 12.4. The number of nitrogens with zero attached hydrogens (tertiary/aromatic N) is 4. The van der Waals surface area contributed by atoms with Crippen molar-refractivity contribution in [3.05, 3.63) is 89.7 Å². The van der Waals surface area contributed by atoms with Crippen molar-refractivity contribution in [2.75, 3.05) is 5.75 Å². The highest BCUT2D eigenvalue weighted by Crippen LogP contribution is 2.30. The topological polar surface area (TPSA) is 60.7 Å². The SMILES string of the molecule is Cc1ccc(-n2c(SCCCC(=O)c3ccccc3)nnc2-c2cccnc2)c(C)c1. The molecule has 0 aliphatic carbocycles. The van der Waals surface area contributed by atoms with E-state index in [1.807, 2.05) is 42.5 Å². The minimum Gasteiger partial charge on any atom is -0.294 e. The number of aromatic nitrogens is 4. The fourth-order valence-electron chi connectivity index (χ4n) is 3.48. The maximum Gasteiger partial charge on any atom is 0.196 e. The van der Waals surface area contributed by atoms with Crippen LogP contribution in [-0.4, -0.2) is 31.3 Å². The van der Waals surface area contributed by atoms with E-state index in [1.165, 1.54) is 5.56 Å². The number of carbonyl (C=O) groups excluding carboxylic acids is 1. The number of aryl methyl sites for hydroxylation is 2. The molecular formula is C25H24N4OS. The van der Waals surface area contributed by atoms with Gasteiger partial charge in [0.25, 0.3) is 0 Å². The molecule has 2 aromatic carbocycles. The van der Waals surface area contributed by atoms with Crippen molar-refractivity contribution in [2.24, 2.45) is 0 Å². The molecule has 4 rings (SSSR count). The van der Waals surface area contributed by atoms with Gasteiger partial charge in [-0.15, -0.1) is 10.2 Å². The summed E-state index contributed by atoms with van der Waals surface area (Å²) < 4.78 is 2.09. The van der Waals surface area contributed by atoms with Crippen LogP contribution < -0.4 is 0 Å². The summed E-state index contributed by atoms with van der Waals surface area (Å²) in [4.78, 5) is 16.6. The Kier molecular flexibility index (Phi) is 6.57. The van der Waals surface area contributed by atoms with Crippen LogP contribution in [0.25, 0.3) is 17.1 Å². The molecule has 0 saturated carbocycles. The van der Waals surface area contributed by atoms with E-state index in [0.717, 1.165) is 45.5 Å². The number of benzene rings is 2. The Morgan fingerprint density at radius 1 is 1.00 bits per heavy atom. The quantitative estimate of drug-likeness (QED) is 0.205. The van der Waals surface area contributed by atoms with Crippen molar-refractivity contribution in [1.82, 2.24) is 19.7 Å². The summed E-state index contributed by atoms with van der Waals surface area (Å²) in [6, 6.07) is 19.7. The van der Waals surface area contributed by atoms with Gasteiger partial charge in [-0.25, -0.2) is 0 Å². The lowest BCUT2D eigenvalue weighted by molar-refractivity contribution is 0.0982. The van der Waals surface area contributed by atoms with Gasteiger partial charge in [0.15, 0.2) is 16.8 Å². The van der Waals surface area contributed by atoms with Gasteiger partial charge < -0.3 is 0 Å². The molecule has 2 heterocycles. The second kappa shape index (κ2) is 9.71. The molecule has 156 valence electrons. The Balaban J connectivity index is 1.55. The van der Waals surface area contributed by atoms with Crippen LogP contribution in [0.4, 0.5) is 0 Å². The van der Waals surface area contributed by atoms with Crippen molar-refractivity contribution < 1.29 is 4.79 Å². The molecule has 0 unspecified atom stereocenters. The second-order valence-corrected chi connectivity index (χ2v) is 8.48. The summed E-state index contributed by atoms with van der Waals surface area (Å²) in [5.41, 5.74) is 5.11. The van der Waals surface area contributed by atoms with E-state index in [2.05, 4.69) is 51.8 Å². The van der Waals surface area contributed by atoms with Crippen LogP contribution in [0.5, 0.6) is 0 Å². The van der Waals surface area contributed by atoms with E-state index < -0.39 is 0 Å². The molecule has 0 aliphatic heterocycles. The van der Waals surface area contributed by atoms with E-state index in [1.54, 1.807) is 24.2 Å². The predicted molar refractivity (Wildman–Crippen MR) is 125 cm³/mol. The predicted octanol–water partition coefficient (Wildman–Crippen LogP) is 5.70. The largest absolute Gasteiger partial charge is 0.294 e. The van der Waals surface area contributed by atoms with Gasteiger partial charge in [-0.3, -0.25) is 14.3 Å². The standard InChI is InChI=1S/C25H24N4OS/c1-18-12-13-22(19(2)16-18)29-24(21-10-6-14-26-17-21)27-28-25(29)31-15-7-11-23(30)20-8-4-3-5-9-20/h3-6,8-10,12-14,16-17H,7,11,15H2,1-2H3. The van der Waals surface area contributed by atoms with Crippen LogP contribution in [0, 0.1) is 13.8 Å². The number of carbonyl (C=O) groups is 1. The molecule has 0 saturated heterocycles. The third kappa shape index (κ3) is 4.91. The van der Waals surface area contributed by atoms with Crippen LogP contribution >= 0.6 is 11.8 Å². The molecule has 0 bridgehead atoms. The van der Waals surface area contributed by atoms with E-state index in [9.17, 15) is 4.79 Å². The van der Waals surface area contributed by atoms with Gasteiger partial charge in [-0.05, 0) is 44.0 Å². The highest BCUT2D eigenvalue weighted by atomic mass is 32.2. The number of hydrogen-bond donors (Lipinski definition) is 0. The van der Waals surface area contributed by atoms with Gasteiger partial charge in [0.2, 0.25) is 0 Å². The number of rotatable bonds is 8. The van der Waals surface area contributed by atoms with Gasteiger partial charge in [0.05, 0.1) is 5.69 Å². The highest BCUT2D eigenvalue weighted by molar-refractivity contribution is 7.99. The lowest BCUT2D eigenvalue weighted by Gasteiger charge is -2.13. The van der Waals surface area contributed by atoms with Crippen molar-refractivity contribution in [1.29, 1.82) is 0 Å². The lowest BCUT2D eigenvalue weighted by Crippen LogP contribution is -2.03. The molecule has 6 heteroatoms. The zero-order chi connectivity index (χ0) is 21.6. The van der Waals surface area contributed by atoms with Gasteiger partial charge in [-0.2, -0.15) is 0 Å². The maximum atomic E-state index is 12.4. The van der Waals surface area contributed by atoms with Crippen LogP contribution in [-0.2, 0) is 0 Å². The molecule has 0 amide bonds. The monoisotopic (exact) mass is 428 g/mol. The zero-order valence-electron chi connectivity index (χ0n) is 17.7. The van der Waals surface area contributed by atoms with E-state index >= 15 is 0 Å². The average Bonchev–Trinajstić information content (AvgIpc) is 3.21. The van der Waals surface area contributed by atoms with E-state index in [0.29, 0.717) is 6.42 Å².